The van der Waals surface area contributed by atoms with Gasteiger partial charge in [0.1, 0.15) is 0 Å². The van der Waals surface area contributed by atoms with Crippen LogP contribution in [0.4, 0.5) is 11.4 Å². The summed E-state index contributed by atoms with van der Waals surface area (Å²) in [5.41, 5.74) is 8.37. The Labute approximate surface area is 111 Å². The third-order valence-corrected chi connectivity index (χ3v) is 2.51. The lowest BCUT2D eigenvalue weighted by Gasteiger charge is -2.10. The summed E-state index contributed by atoms with van der Waals surface area (Å²) in [4.78, 5) is 10.6. The van der Waals surface area contributed by atoms with Crippen LogP contribution < -0.4 is 16.4 Å². The number of guanidine groups is 1. The van der Waals surface area contributed by atoms with Crippen molar-refractivity contribution in [2.45, 2.75) is 0 Å². The maximum atomic E-state index is 10.6. The van der Waals surface area contributed by atoms with Crippen LogP contribution in [-0.2, 0) is 4.79 Å². The summed E-state index contributed by atoms with van der Waals surface area (Å²) in [6, 6.07) is 15.8. The van der Waals surface area contributed by atoms with Crippen LogP contribution in [0.2, 0.25) is 0 Å². The van der Waals surface area contributed by atoms with E-state index in [2.05, 4.69) is 16.7 Å². The van der Waals surface area contributed by atoms with Gasteiger partial charge in [-0.3, -0.25) is 10.2 Å². The van der Waals surface area contributed by atoms with Gasteiger partial charge in [-0.05, 0) is 17.7 Å². The number of amides is 1. The Morgan fingerprint density at radius 1 is 1.32 bits per heavy atom. The molecule has 1 radical (unpaired) electrons. The minimum atomic E-state index is -0.122. The molecule has 5 heteroatoms. The molecule has 0 aliphatic rings. The molecule has 5 nitrogen and oxygen atoms in total. The predicted molar refractivity (Wildman–Crippen MR) is 75.9 cm³/mol. The highest BCUT2D eigenvalue weighted by molar-refractivity contribution is 5.91. The Hall–Kier alpha value is -2.82. The van der Waals surface area contributed by atoms with Crippen LogP contribution in [0.3, 0.4) is 0 Å². The molecule has 0 aliphatic heterocycles. The van der Waals surface area contributed by atoms with E-state index >= 15 is 0 Å². The van der Waals surface area contributed by atoms with Gasteiger partial charge in [0.05, 0.1) is 5.69 Å². The summed E-state index contributed by atoms with van der Waals surface area (Å²) < 4.78 is 0. The lowest BCUT2D eigenvalue weighted by Crippen LogP contribution is -2.20. The number of anilines is 2. The van der Waals surface area contributed by atoms with Crippen molar-refractivity contribution in [3.05, 3.63) is 48.5 Å². The molecule has 19 heavy (non-hydrogen) atoms. The summed E-state index contributed by atoms with van der Waals surface area (Å²) in [6.07, 6.45) is 0.618. The number of para-hydroxylation sites is 1. The van der Waals surface area contributed by atoms with Gasteiger partial charge in [-0.15, -0.1) is 0 Å². The minimum absolute atomic E-state index is 0.122. The third kappa shape index (κ3) is 3.10. The molecule has 0 atom stereocenters. The molecule has 0 heterocycles. The Kier molecular flexibility index (Phi) is 3.78. The van der Waals surface area contributed by atoms with Crippen LogP contribution >= 0.6 is 0 Å². The molecule has 2 aromatic carbocycles. The van der Waals surface area contributed by atoms with E-state index in [-0.39, 0.29) is 5.96 Å². The number of benzene rings is 2. The third-order valence-electron chi connectivity index (χ3n) is 2.51. The van der Waals surface area contributed by atoms with Crippen molar-refractivity contribution in [2.24, 2.45) is 5.73 Å². The molecule has 0 saturated carbocycles. The van der Waals surface area contributed by atoms with Gasteiger partial charge < -0.3 is 16.4 Å². The van der Waals surface area contributed by atoms with E-state index in [1.165, 1.54) is 0 Å². The van der Waals surface area contributed by atoms with Gasteiger partial charge in [-0.25, -0.2) is 0 Å². The van der Waals surface area contributed by atoms with Crippen molar-refractivity contribution in [3.63, 3.8) is 0 Å². The number of nitrogens with two attached hydrogens (primary N) is 1. The molecule has 2 aromatic rings. The summed E-state index contributed by atoms with van der Waals surface area (Å²) in [5, 5.41) is 12.6. The van der Waals surface area contributed by atoms with Crippen LogP contribution in [0.25, 0.3) is 11.1 Å². The van der Waals surface area contributed by atoms with Crippen molar-refractivity contribution < 1.29 is 4.79 Å². The van der Waals surface area contributed by atoms with Gasteiger partial charge in [-0.2, -0.15) is 0 Å². The van der Waals surface area contributed by atoms with Crippen LogP contribution in [0.15, 0.2) is 42.5 Å². The Bertz CT molecular complexity index is 610. The van der Waals surface area contributed by atoms with Gasteiger partial charge in [0.15, 0.2) is 5.96 Å². The quantitative estimate of drug-likeness (QED) is 0.381. The highest BCUT2D eigenvalue weighted by atomic mass is 16.1. The predicted octanol–water partition coefficient (Wildman–Crippen LogP) is 2.03. The average molecular weight is 253 g/mol. The largest absolute Gasteiger partial charge is 0.370 e. The highest BCUT2D eigenvalue weighted by Gasteiger charge is 2.05. The lowest BCUT2D eigenvalue weighted by atomic mass is 10.0. The Balaban J connectivity index is 2.41. The number of nitrogens with one attached hydrogen (secondary N) is 3. The molecule has 95 valence electrons. The van der Waals surface area contributed by atoms with Crippen molar-refractivity contribution in [1.29, 1.82) is 5.41 Å². The topological polar surface area (TPSA) is 91.0 Å². The van der Waals surface area contributed by atoms with Crippen LogP contribution in [-0.4, -0.2) is 12.4 Å². The summed E-state index contributed by atoms with van der Waals surface area (Å²) in [7, 11) is 0. The highest BCUT2D eigenvalue weighted by Crippen LogP contribution is 2.28. The van der Waals surface area contributed by atoms with Crippen LogP contribution in [0.5, 0.6) is 0 Å². The lowest BCUT2D eigenvalue weighted by molar-refractivity contribution is -0.105. The van der Waals surface area contributed by atoms with E-state index in [1.54, 1.807) is 6.07 Å². The zero-order valence-electron chi connectivity index (χ0n) is 10.1. The molecule has 0 spiro atoms. The minimum Gasteiger partial charge on any atom is -0.370 e. The van der Waals surface area contributed by atoms with Crippen molar-refractivity contribution in [1.82, 2.24) is 0 Å². The Morgan fingerprint density at radius 3 is 2.89 bits per heavy atom. The smallest absolute Gasteiger partial charge is 0.211 e. The first-order chi connectivity index (χ1) is 9.20. The van der Waals surface area contributed by atoms with E-state index < -0.39 is 0 Å². The van der Waals surface area contributed by atoms with E-state index in [4.69, 9.17) is 11.1 Å². The van der Waals surface area contributed by atoms with Gasteiger partial charge in [0.2, 0.25) is 6.41 Å². The van der Waals surface area contributed by atoms with Crippen LogP contribution in [0.1, 0.15) is 0 Å². The normalized spacial score (nSPS) is 9.68. The SMILES string of the molecule is N=C(N)Nc1cccc(-c2ccc[c]c2NC=O)c1. The van der Waals surface area contributed by atoms with Gasteiger partial charge in [-0.1, -0.05) is 30.3 Å². The van der Waals surface area contributed by atoms with Crippen LogP contribution in [0, 0.1) is 11.5 Å². The fourth-order valence-electron chi connectivity index (χ4n) is 1.78. The van der Waals surface area contributed by atoms with E-state index in [0.717, 1.165) is 11.1 Å². The molecular formula is C14H13N4O. The zero-order valence-corrected chi connectivity index (χ0v) is 10.1. The maximum Gasteiger partial charge on any atom is 0.211 e. The number of hydrogen-bond acceptors (Lipinski definition) is 2. The second-order valence-electron chi connectivity index (χ2n) is 3.84. The van der Waals surface area contributed by atoms with E-state index in [0.29, 0.717) is 17.8 Å². The average Bonchev–Trinajstić information content (AvgIpc) is 2.39. The summed E-state index contributed by atoms with van der Waals surface area (Å²) in [6.45, 7) is 0. The molecule has 0 saturated heterocycles. The molecule has 0 unspecified atom stereocenters. The fourth-order valence-corrected chi connectivity index (χ4v) is 1.78. The van der Waals surface area contributed by atoms with Gasteiger partial charge >= 0.3 is 0 Å². The Morgan fingerprint density at radius 2 is 2.16 bits per heavy atom. The second kappa shape index (κ2) is 5.68. The molecule has 2 rings (SSSR count). The van der Waals surface area contributed by atoms with Crippen molar-refractivity contribution >= 4 is 23.7 Å². The summed E-state index contributed by atoms with van der Waals surface area (Å²) >= 11 is 0. The maximum absolute atomic E-state index is 10.6. The summed E-state index contributed by atoms with van der Waals surface area (Å²) in [5.74, 6) is -0.122. The monoisotopic (exact) mass is 253 g/mol. The first-order valence-electron chi connectivity index (χ1n) is 5.63. The standard InChI is InChI=1S/C14H13N4O/c15-14(16)18-11-5-3-4-10(8-11)12-6-1-2-7-13(12)17-9-19/h1-6,8-9H,(H,17,19)(H4,15,16,18). The van der Waals surface area contributed by atoms with Crippen molar-refractivity contribution in [2.75, 3.05) is 10.6 Å². The molecule has 0 aliphatic carbocycles. The molecule has 5 N–H and O–H groups in total. The van der Waals surface area contributed by atoms with Crippen molar-refractivity contribution in [3.8, 4) is 11.1 Å². The molecule has 0 fully saturated rings. The number of carbonyl (C=O) groups is 1. The number of carbonyl (C=O) groups excluding carboxylic acids is 1. The molecular weight excluding hydrogens is 240 g/mol. The fraction of sp³-hybridized carbons (Fsp3) is 0. The van der Waals surface area contributed by atoms with Gasteiger partial charge in [0.25, 0.3) is 0 Å². The molecule has 0 aromatic heterocycles. The number of hydrogen-bond donors (Lipinski definition) is 4. The number of rotatable bonds is 4. The zero-order chi connectivity index (χ0) is 13.7. The molecule has 0 bridgehead atoms. The van der Waals surface area contributed by atoms with E-state index in [1.807, 2.05) is 36.4 Å². The molecule has 1 amide bonds. The van der Waals surface area contributed by atoms with Gasteiger partial charge in [0, 0.05) is 17.3 Å². The first-order valence-corrected chi connectivity index (χ1v) is 5.63. The van der Waals surface area contributed by atoms with E-state index in [9.17, 15) is 4.79 Å². The first kappa shape index (κ1) is 12.6. The second-order valence-corrected chi connectivity index (χ2v) is 3.84.